The van der Waals surface area contributed by atoms with Gasteiger partial charge in [-0.05, 0) is 24.6 Å². The first-order chi connectivity index (χ1) is 10.9. The molecular weight excluding hydrogens is 306 g/mol. The number of aliphatic carboxylic acids is 1. The highest BCUT2D eigenvalue weighted by molar-refractivity contribution is 5.99. The summed E-state index contributed by atoms with van der Waals surface area (Å²) >= 11 is 0. The summed E-state index contributed by atoms with van der Waals surface area (Å²) in [4.78, 5) is 45.7. The minimum Gasteiger partial charge on any atom is -0.480 e. The maximum atomic E-state index is 12.1. The molecule has 0 aliphatic carbocycles. The zero-order chi connectivity index (χ0) is 17.4. The molecule has 0 aromatic heterocycles. The number of benzene rings is 1. The Morgan fingerprint density at radius 3 is 2.35 bits per heavy atom. The van der Waals surface area contributed by atoms with Crippen LogP contribution < -0.4 is 5.32 Å². The summed E-state index contributed by atoms with van der Waals surface area (Å²) in [5.74, 6) is -3.13. The highest BCUT2D eigenvalue weighted by Gasteiger charge is 2.22. The Bertz CT molecular complexity index is 612. The van der Waals surface area contributed by atoms with Crippen molar-refractivity contribution < 1.29 is 33.8 Å². The monoisotopic (exact) mass is 323 g/mol. The Kier molecular flexibility index (Phi) is 6.72. The first-order valence-electron chi connectivity index (χ1n) is 6.68. The van der Waals surface area contributed by atoms with Crippen molar-refractivity contribution in [3.63, 3.8) is 0 Å². The lowest BCUT2D eigenvalue weighted by Gasteiger charge is -2.14. The summed E-state index contributed by atoms with van der Waals surface area (Å²) in [5, 5.41) is 11.4. The van der Waals surface area contributed by atoms with E-state index in [4.69, 9.17) is 5.11 Å². The van der Waals surface area contributed by atoms with Gasteiger partial charge in [-0.3, -0.25) is 9.59 Å². The van der Waals surface area contributed by atoms with Gasteiger partial charge in [0.2, 0.25) is 0 Å². The van der Waals surface area contributed by atoms with E-state index < -0.39 is 29.9 Å². The number of carbonyl (C=O) groups excluding carboxylic acids is 3. The minimum atomic E-state index is -1.27. The third-order valence-electron chi connectivity index (χ3n) is 3.01. The van der Waals surface area contributed by atoms with Crippen LogP contribution in [0.4, 0.5) is 0 Å². The maximum Gasteiger partial charge on any atom is 0.337 e. The van der Waals surface area contributed by atoms with Crippen LogP contribution in [0, 0.1) is 0 Å². The van der Waals surface area contributed by atoms with Gasteiger partial charge in [0.15, 0.2) is 0 Å². The molecule has 23 heavy (non-hydrogen) atoms. The molecule has 2 N–H and O–H groups in total. The van der Waals surface area contributed by atoms with E-state index >= 15 is 0 Å². The molecule has 0 heterocycles. The van der Waals surface area contributed by atoms with Crippen molar-refractivity contribution in [1.82, 2.24) is 5.32 Å². The zero-order valence-corrected chi connectivity index (χ0v) is 12.7. The number of carboxylic acids is 1. The lowest BCUT2D eigenvalue weighted by Crippen LogP contribution is -2.41. The van der Waals surface area contributed by atoms with Crippen molar-refractivity contribution in [2.24, 2.45) is 0 Å². The van der Waals surface area contributed by atoms with Crippen molar-refractivity contribution in [3.05, 3.63) is 35.4 Å². The molecule has 0 saturated heterocycles. The Morgan fingerprint density at radius 2 is 1.78 bits per heavy atom. The number of nitrogens with one attached hydrogen (secondary N) is 1. The van der Waals surface area contributed by atoms with Crippen molar-refractivity contribution in [2.45, 2.75) is 18.9 Å². The Labute approximate surface area is 132 Å². The van der Waals surface area contributed by atoms with Gasteiger partial charge >= 0.3 is 17.9 Å². The van der Waals surface area contributed by atoms with E-state index in [9.17, 15) is 19.2 Å². The summed E-state index contributed by atoms with van der Waals surface area (Å²) < 4.78 is 8.98. The van der Waals surface area contributed by atoms with Gasteiger partial charge in [0, 0.05) is 12.0 Å². The number of carbonyl (C=O) groups is 4. The molecule has 1 amide bonds. The molecule has 1 rings (SSSR count). The van der Waals surface area contributed by atoms with Gasteiger partial charge in [0.05, 0.1) is 19.8 Å². The van der Waals surface area contributed by atoms with Crippen LogP contribution in [-0.4, -0.2) is 49.2 Å². The second-order valence-electron chi connectivity index (χ2n) is 4.55. The molecule has 1 aromatic rings. The number of hydrogen-bond donors (Lipinski definition) is 2. The number of rotatable bonds is 7. The molecule has 0 spiro atoms. The van der Waals surface area contributed by atoms with Crippen molar-refractivity contribution in [2.75, 3.05) is 14.2 Å². The van der Waals surface area contributed by atoms with Crippen molar-refractivity contribution >= 4 is 23.8 Å². The molecule has 0 radical (unpaired) electrons. The number of carboxylic acid groups (broad SMARTS) is 1. The van der Waals surface area contributed by atoms with Crippen LogP contribution in [0.25, 0.3) is 0 Å². The molecule has 0 aliphatic heterocycles. The predicted octanol–water partition coefficient (Wildman–Crippen LogP) is 0.609. The maximum absolute atomic E-state index is 12.1. The summed E-state index contributed by atoms with van der Waals surface area (Å²) in [6.45, 7) is 0. The zero-order valence-electron chi connectivity index (χ0n) is 12.7. The molecule has 0 saturated carbocycles. The third-order valence-corrected chi connectivity index (χ3v) is 3.01. The van der Waals surface area contributed by atoms with Crippen LogP contribution in [0.15, 0.2) is 24.3 Å². The van der Waals surface area contributed by atoms with Crippen molar-refractivity contribution in [3.8, 4) is 0 Å². The Morgan fingerprint density at radius 1 is 1.13 bits per heavy atom. The Hall–Kier alpha value is -2.90. The van der Waals surface area contributed by atoms with Crippen molar-refractivity contribution in [1.29, 1.82) is 0 Å². The van der Waals surface area contributed by atoms with Crippen LogP contribution in [-0.2, 0) is 19.1 Å². The standard InChI is InChI=1S/C15H17NO7/c1-22-12(17)7-6-11(14(19)20)16-13(18)9-4-3-5-10(8-9)15(21)23-2/h3-5,8,11H,6-7H2,1-2H3,(H,16,18)(H,19,20)/t11-/m1/s1. The van der Waals surface area contributed by atoms with E-state index in [1.54, 1.807) is 0 Å². The van der Waals surface area contributed by atoms with E-state index in [1.165, 1.54) is 38.5 Å². The normalized spacial score (nSPS) is 11.2. The molecule has 1 atom stereocenters. The lowest BCUT2D eigenvalue weighted by atomic mass is 10.1. The van der Waals surface area contributed by atoms with Gasteiger partial charge in [-0.1, -0.05) is 6.07 Å². The molecule has 124 valence electrons. The van der Waals surface area contributed by atoms with Gasteiger partial charge < -0.3 is 19.9 Å². The molecule has 8 heteroatoms. The molecule has 0 bridgehead atoms. The summed E-state index contributed by atoms with van der Waals surface area (Å²) in [7, 11) is 2.40. The molecule has 0 fully saturated rings. The number of amides is 1. The highest BCUT2D eigenvalue weighted by atomic mass is 16.5. The molecule has 8 nitrogen and oxygen atoms in total. The van der Waals surface area contributed by atoms with E-state index in [1.807, 2.05) is 0 Å². The quantitative estimate of drug-likeness (QED) is 0.705. The third kappa shape index (κ3) is 5.42. The summed E-state index contributed by atoms with van der Waals surface area (Å²) in [5.41, 5.74) is 0.277. The summed E-state index contributed by atoms with van der Waals surface area (Å²) in [6.07, 6.45) is -0.250. The number of hydrogen-bond acceptors (Lipinski definition) is 6. The number of esters is 2. The first-order valence-corrected chi connectivity index (χ1v) is 6.68. The average molecular weight is 323 g/mol. The van der Waals surface area contributed by atoms with E-state index in [0.29, 0.717) is 0 Å². The van der Waals surface area contributed by atoms with Crippen LogP contribution >= 0.6 is 0 Å². The first kappa shape index (κ1) is 18.1. The predicted molar refractivity (Wildman–Crippen MR) is 77.9 cm³/mol. The SMILES string of the molecule is COC(=O)CC[C@@H](NC(=O)c1cccc(C(=O)OC)c1)C(=O)O. The van der Waals surface area contributed by atoms with Gasteiger partial charge in [-0.2, -0.15) is 0 Å². The largest absolute Gasteiger partial charge is 0.480 e. The molecule has 1 aromatic carbocycles. The van der Waals surface area contributed by atoms with E-state index in [-0.39, 0.29) is 24.0 Å². The molecule has 0 aliphatic rings. The lowest BCUT2D eigenvalue weighted by molar-refractivity contribution is -0.142. The second-order valence-corrected chi connectivity index (χ2v) is 4.55. The fourth-order valence-electron chi connectivity index (χ4n) is 1.77. The van der Waals surface area contributed by atoms with Gasteiger partial charge in [0.1, 0.15) is 6.04 Å². The number of ether oxygens (including phenoxy) is 2. The molecular formula is C15H17NO7. The van der Waals surface area contributed by atoms with Crippen LogP contribution in [0.5, 0.6) is 0 Å². The average Bonchev–Trinajstić information content (AvgIpc) is 2.56. The Balaban J connectivity index is 2.80. The molecule has 0 unspecified atom stereocenters. The van der Waals surface area contributed by atoms with Crippen LogP contribution in [0.1, 0.15) is 33.6 Å². The van der Waals surface area contributed by atoms with Gasteiger partial charge in [0.25, 0.3) is 5.91 Å². The van der Waals surface area contributed by atoms with Gasteiger partial charge in [-0.15, -0.1) is 0 Å². The van der Waals surface area contributed by atoms with Crippen LogP contribution in [0.3, 0.4) is 0 Å². The van der Waals surface area contributed by atoms with Crippen LogP contribution in [0.2, 0.25) is 0 Å². The smallest absolute Gasteiger partial charge is 0.337 e. The van der Waals surface area contributed by atoms with Gasteiger partial charge in [-0.25, -0.2) is 9.59 Å². The fraction of sp³-hybridized carbons (Fsp3) is 0.333. The van der Waals surface area contributed by atoms with E-state index in [2.05, 4.69) is 14.8 Å². The highest BCUT2D eigenvalue weighted by Crippen LogP contribution is 2.08. The minimum absolute atomic E-state index is 0.107. The van der Waals surface area contributed by atoms with E-state index in [0.717, 1.165) is 0 Å². The number of methoxy groups -OCH3 is 2. The summed E-state index contributed by atoms with van der Waals surface area (Å²) in [6, 6.07) is 4.42. The fourth-order valence-corrected chi connectivity index (χ4v) is 1.77. The second kappa shape index (κ2) is 8.52. The topological polar surface area (TPSA) is 119 Å².